The highest BCUT2D eigenvalue weighted by atomic mass is 79.9. The van der Waals surface area contributed by atoms with Crippen molar-refractivity contribution in [1.29, 1.82) is 0 Å². The van der Waals surface area contributed by atoms with E-state index in [9.17, 15) is 4.39 Å². The van der Waals surface area contributed by atoms with Crippen molar-refractivity contribution in [2.75, 3.05) is 0 Å². The molecule has 1 heterocycles. The van der Waals surface area contributed by atoms with Gasteiger partial charge in [0.2, 0.25) is 5.89 Å². The molecule has 0 saturated carbocycles. The smallest absolute Gasteiger partial charge is 0.240 e. The van der Waals surface area contributed by atoms with Crippen LogP contribution in [-0.4, -0.2) is 10.1 Å². The van der Waals surface area contributed by atoms with Crippen molar-refractivity contribution in [3.8, 4) is 0 Å². The van der Waals surface area contributed by atoms with Crippen LogP contribution in [0, 0.1) is 5.82 Å². The molecule has 5 heteroatoms. The Labute approximate surface area is 107 Å². The number of nitrogens with zero attached hydrogens (tertiary/aromatic N) is 2. The molecule has 0 spiro atoms. The SMILES string of the molecule is CCC(Br)c1nc(Cc2cccc(F)c2)no1. The van der Waals surface area contributed by atoms with Crippen molar-refractivity contribution >= 4 is 15.9 Å². The summed E-state index contributed by atoms with van der Waals surface area (Å²) >= 11 is 3.44. The van der Waals surface area contributed by atoms with E-state index in [1.807, 2.05) is 13.0 Å². The van der Waals surface area contributed by atoms with Gasteiger partial charge in [-0.1, -0.05) is 40.1 Å². The van der Waals surface area contributed by atoms with E-state index in [-0.39, 0.29) is 10.6 Å². The van der Waals surface area contributed by atoms with E-state index in [0.29, 0.717) is 18.1 Å². The Morgan fingerprint density at radius 1 is 1.47 bits per heavy atom. The molecule has 0 aliphatic carbocycles. The number of halogens is 2. The van der Waals surface area contributed by atoms with Gasteiger partial charge in [-0.3, -0.25) is 0 Å². The number of alkyl halides is 1. The van der Waals surface area contributed by atoms with Crippen molar-refractivity contribution in [3.05, 3.63) is 47.4 Å². The maximum absolute atomic E-state index is 13.0. The van der Waals surface area contributed by atoms with Gasteiger partial charge in [0, 0.05) is 6.42 Å². The minimum atomic E-state index is -0.252. The second kappa shape index (κ2) is 5.40. The van der Waals surface area contributed by atoms with E-state index >= 15 is 0 Å². The lowest BCUT2D eigenvalue weighted by molar-refractivity contribution is 0.372. The second-order valence-electron chi connectivity index (χ2n) is 3.73. The van der Waals surface area contributed by atoms with Gasteiger partial charge in [0.05, 0.1) is 4.83 Å². The molecule has 1 atom stereocenters. The summed E-state index contributed by atoms with van der Waals surface area (Å²) in [4.78, 5) is 4.34. The van der Waals surface area contributed by atoms with Crippen LogP contribution < -0.4 is 0 Å². The van der Waals surface area contributed by atoms with Crippen molar-refractivity contribution < 1.29 is 8.91 Å². The highest BCUT2D eigenvalue weighted by Crippen LogP contribution is 2.24. The van der Waals surface area contributed by atoms with E-state index in [1.165, 1.54) is 12.1 Å². The molecule has 1 aromatic heterocycles. The molecule has 2 rings (SSSR count). The van der Waals surface area contributed by atoms with Gasteiger partial charge in [-0.15, -0.1) is 0 Å². The lowest BCUT2D eigenvalue weighted by Crippen LogP contribution is -1.93. The summed E-state index contributed by atoms with van der Waals surface area (Å²) in [6.45, 7) is 2.02. The summed E-state index contributed by atoms with van der Waals surface area (Å²) in [5.74, 6) is 0.889. The molecule has 0 N–H and O–H groups in total. The van der Waals surface area contributed by atoms with Gasteiger partial charge in [-0.2, -0.15) is 4.98 Å². The highest BCUT2D eigenvalue weighted by Gasteiger charge is 2.14. The number of hydrogen-bond donors (Lipinski definition) is 0. The Morgan fingerprint density at radius 3 is 3.00 bits per heavy atom. The van der Waals surface area contributed by atoms with Crippen molar-refractivity contribution in [3.63, 3.8) is 0 Å². The fraction of sp³-hybridized carbons (Fsp3) is 0.333. The normalized spacial score (nSPS) is 12.6. The van der Waals surface area contributed by atoms with Gasteiger partial charge >= 0.3 is 0 Å². The average molecular weight is 299 g/mol. The molecule has 1 aromatic carbocycles. The van der Waals surface area contributed by atoms with E-state index in [0.717, 1.165) is 12.0 Å². The summed E-state index contributed by atoms with van der Waals surface area (Å²) in [5.41, 5.74) is 0.833. The Morgan fingerprint density at radius 2 is 2.29 bits per heavy atom. The van der Waals surface area contributed by atoms with Crippen LogP contribution in [0.3, 0.4) is 0 Å². The minimum Gasteiger partial charge on any atom is -0.338 e. The van der Waals surface area contributed by atoms with Crippen LogP contribution in [0.2, 0.25) is 0 Å². The number of hydrogen-bond acceptors (Lipinski definition) is 3. The van der Waals surface area contributed by atoms with Crippen LogP contribution in [0.1, 0.15) is 35.5 Å². The summed E-state index contributed by atoms with van der Waals surface area (Å²) < 4.78 is 18.1. The quantitative estimate of drug-likeness (QED) is 0.809. The number of rotatable bonds is 4. The molecule has 0 aliphatic heterocycles. The summed E-state index contributed by atoms with van der Waals surface area (Å²) in [5, 5.41) is 3.87. The molecule has 0 aliphatic rings. The van der Waals surface area contributed by atoms with Gasteiger partial charge < -0.3 is 4.52 Å². The predicted molar refractivity (Wildman–Crippen MR) is 65.5 cm³/mol. The van der Waals surface area contributed by atoms with Crippen molar-refractivity contribution in [1.82, 2.24) is 10.1 Å². The first kappa shape index (κ1) is 12.2. The van der Waals surface area contributed by atoms with Gasteiger partial charge in [0.1, 0.15) is 5.82 Å². The van der Waals surface area contributed by atoms with Crippen LogP contribution in [0.4, 0.5) is 4.39 Å². The van der Waals surface area contributed by atoms with Gasteiger partial charge in [0.15, 0.2) is 5.82 Å². The maximum atomic E-state index is 13.0. The zero-order valence-corrected chi connectivity index (χ0v) is 10.9. The highest BCUT2D eigenvalue weighted by molar-refractivity contribution is 9.09. The molecular weight excluding hydrogens is 287 g/mol. The predicted octanol–water partition coefficient (Wildman–Crippen LogP) is 3.65. The molecule has 17 heavy (non-hydrogen) atoms. The molecule has 0 amide bonds. The maximum Gasteiger partial charge on any atom is 0.240 e. The van der Waals surface area contributed by atoms with Gasteiger partial charge in [-0.25, -0.2) is 4.39 Å². The minimum absolute atomic E-state index is 0.0799. The van der Waals surface area contributed by atoms with Crippen molar-refractivity contribution in [2.24, 2.45) is 0 Å². The van der Waals surface area contributed by atoms with Crippen LogP contribution in [0.5, 0.6) is 0 Å². The lowest BCUT2D eigenvalue weighted by Gasteiger charge is -1.97. The zero-order chi connectivity index (χ0) is 12.3. The third-order valence-electron chi connectivity index (χ3n) is 2.36. The Bertz CT molecular complexity index is 501. The van der Waals surface area contributed by atoms with E-state index in [2.05, 4.69) is 26.1 Å². The standard InChI is InChI=1S/C12H12BrFN2O/c1-2-10(13)12-15-11(16-17-12)7-8-4-3-5-9(14)6-8/h3-6,10H,2,7H2,1H3. The third-order valence-corrected chi connectivity index (χ3v) is 3.40. The fourth-order valence-electron chi connectivity index (χ4n) is 1.47. The van der Waals surface area contributed by atoms with Crippen LogP contribution >= 0.6 is 15.9 Å². The third kappa shape index (κ3) is 3.12. The van der Waals surface area contributed by atoms with Crippen molar-refractivity contribution in [2.45, 2.75) is 24.6 Å². The van der Waals surface area contributed by atoms with E-state index in [1.54, 1.807) is 6.07 Å². The summed E-state index contributed by atoms with van der Waals surface area (Å²) in [6, 6.07) is 6.40. The Hall–Kier alpha value is -1.23. The van der Waals surface area contributed by atoms with Crippen LogP contribution in [0.15, 0.2) is 28.8 Å². The number of aromatic nitrogens is 2. The number of benzene rings is 1. The first-order valence-corrected chi connectivity index (χ1v) is 6.31. The first-order chi connectivity index (χ1) is 8.19. The zero-order valence-electron chi connectivity index (χ0n) is 9.36. The summed E-state index contributed by atoms with van der Waals surface area (Å²) in [6.07, 6.45) is 1.35. The molecule has 0 bridgehead atoms. The van der Waals surface area contributed by atoms with E-state index in [4.69, 9.17) is 4.52 Å². The lowest BCUT2D eigenvalue weighted by atomic mass is 10.1. The Kier molecular flexibility index (Phi) is 3.89. The molecule has 0 radical (unpaired) electrons. The van der Waals surface area contributed by atoms with Crippen LogP contribution in [0.25, 0.3) is 0 Å². The first-order valence-electron chi connectivity index (χ1n) is 5.40. The van der Waals surface area contributed by atoms with Gasteiger partial charge in [-0.05, 0) is 24.1 Å². The van der Waals surface area contributed by atoms with E-state index < -0.39 is 0 Å². The molecule has 90 valence electrons. The van der Waals surface area contributed by atoms with Crippen LogP contribution in [-0.2, 0) is 6.42 Å². The molecule has 2 aromatic rings. The van der Waals surface area contributed by atoms with Gasteiger partial charge in [0.25, 0.3) is 0 Å². The monoisotopic (exact) mass is 298 g/mol. The Balaban J connectivity index is 2.11. The molecule has 0 saturated heterocycles. The molecule has 1 unspecified atom stereocenters. The largest absolute Gasteiger partial charge is 0.338 e. The second-order valence-corrected chi connectivity index (χ2v) is 4.84. The topological polar surface area (TPSA) is 38.9 Å². The fourth-order valence-corrected chi connectivity index (χ4v) is 1.66. The summed E-state index contributed by atoms with van der Waals surface area (Å²) in [7, 11) is 0. The average Bonchev–Trinajstić information content (AvgIpc) is 2.76. The molecule has 0 fully saturated rings. The molecule has 3 nitrogen and oxygen atoms in total. The molecular formula is C12H12BrFN2O.